The van der Waals surface area contributed by atoms with Gasteiger partial charge in [0.2, 0.25) is 0 Å². The van der Waals surface area contributed by atoms with Gasteiger partial charge in [-0.05, 0) is 28.7 Å². The fourth-order valence-corrected chi connectivity index (χ4v) is 2.47. The Hall–Kier alpha value is -2.70. The van der Waals surface area contributed by atoms with Gasteiger partial charge in [-0.2, -0.15) is 0 Å². The Labute approximate surface area is 147 Å². The average molecular weight is 338 g/mol. The molecule has 0 aliphatic heterocycles. The first kappa shape index (κ1) is 18.6. The van der Waals surface area contributed by atoms with Crippen molar-refractivity contribution >= 4 is 54.3 Å². The van der Waals surface area contributed by atoms with Gasteiger partial charge in [-0.1, -0.05) is 12.1 Å². The summed E-state index contributed by atoms with van der Waals surface area (Å²) in [5.74, 6) is -2.82. The maximum Gasteiger partial charge on any atom is 0.311 e. The number of carbonyl (C=O) groups excluding carboxylic acids is 1. The van der Waals surface area contributed by atoms with Crippen molar-refractivity contribution in [3.63, 3.8) is 0 Å². The third-order valence-corrected chi connectivity index (χ3v) is 3.88. The minimum Gasteiger partial charge on any atom is -0.506 e. The minimum atomic E-state index is -1.52. The molecule has 0 aliphatic carbocycles. The van der Waals surface area contributed by atoms with Gasteiger partial charge < -0.3 is 15.5 Å². The highest BCUT2D eigenvalue weighted by Crippen LogP contribution is 2.21. The summed E-state index contributed by atoms with van der Waals surface area (Å²) in [4.78, 5) is 27.6. The second-order valence-electron chi connectivity index (χ2n) is 6.29. The molecule has 1 heterocycles. The molecule has 6 nitrogen and oxygen atoms in total. The first-order valence-corrected chi connectivity index (χ1v) is 7.56. The summed E-state index contributed by atoms with van der Waals surface area (Å²) < 4.78 is 13.5. The van der Waals surface area contributed by atoms with E-state index < -0.39 is 23.0 Å². The summed E-state index contributed by atoms with van der Waals surface area (Å²) >= 11 is 0. The number of pyridine rings is 1. The van der Waals surface area contributed by atoms with Gasteiger partial charge >= 0.3 is 5.97 Å². The molecular formula is C14H15B4FN2O4. The van der Waals surface area contributed by atoms with Crippen molar-refractivity contribution in [1.82, 2.24) is 10.3 Å². The van der Waals surface area contributed by atoms with Crippen molar-refractivity contribution in [1.29, 1.82) is 0 Å². The monoisotopic (exact) mass is 338 g/mol. The van der Waals surface area contributed by atoms with E-state index in [0.717, 1.165) is 0 Å². The van der Waals surface area contributed by atoms with Crippen molar-refractivity contribution in [2.24, 2.45) is 0 Å². The largest absolute Gasteiger partial charge is 0.506 e. The Morgan fingerprint density at radius 2 is 1.88 bits per heavy atom. The van der Waals surface area contributed by atoms with E-state index in [-0.39, 0.29) is 11.4 Å². The number of carbonyl (C=O) groups is 2. The lowest BCUT2D eigenvalue weighted by molar-refractivity contribution is -0.138. The number of nitrogens with one attached hydrogen (secondary N) is 1. The average Bonchev–Trinajstić information content (AvgIpc) is 2.50. The molecule has 11 heteroatoms. The van der Waals surface area contributed by atoms with Crippen LogP contribution in [0.5, 0.6) is 5.75 Å². The van der Waals surface area contributed by atoms with Crippen LogP contribution < -0.4 is 16.4 Å². The quantitative estimate of drug-likeness (QED) is 0.492. The molecule has 1 aromatic heterocycles. The summed E-state index contributed by atoms with van der Waals surface area (Å²) in [6.07, 6.45) is 0. The van der Waals surface area contributed by atoms with Crippen LogP contribution in [0.25, 0.3) is 11.1 Å². The van der Waals surface area contributed by atoms with E-state index in [0.29, 0.717) is 22.2 Å². The zero-order valence-corrected chi connectivity index (χ0v) is 14.3. The fourth-order valence-electron chi connectivity index (χ4n) is 2.47. The van der Waals surface area contributed by atoms with Gasteiger partial charge in [-0.15, -0.1) is 0 Å². The molecule has 0 spiro atoms. The fraction of sp³-hybridized carbons (Fsp3) is 0.0714. The number of halogens is 1. The number of rotatable bonds is 4. The highest BCUT2D eigenvalue weighted by molar-refractivity contribution is 6.51. The normalized spacial score (nSPS) is 11.1. The molecule has 1 aromatic carbocycles. The molecule has 0 bridgehead atoms. The molecule has 0 radical (unpaired) electrons. The van der Waals surface area contributed by atoms with Gasteiger partial charge in [-0.3, -0.25) is 14.6 Å². The van der Waals surface area contributed by atoms with Crippen LogP contribution in [0.4, 0.5) is 4.39 Å². The number of carboxylic acid groups (broad SMARTS) is 1. The van der Waals surface area contributed by atoms with Crippen molar-refractivity contribution in [2.45, 2.75) is 5.34 Å². The summed E-state index contributed by atoms with van der Waals surface area (Å²) in [5.41, 5.74) is 1.54. The number of benzene rings is 1. The van der Waals surface area contributed by atoms with E-state index in [2.05, 4.69) is 10.3 Å². The standard InChI is InChI=1S/C14H15B4FN2O4/c15-8-7(5-2-1-3-6(19)4-5)11(16)20-9(10(8)22)12(23)21-14(17,18)13(24)25/h1-4,22H,15-18H2,(H,21,23)(H,24,25). The Bertz CT molecular complexity index is 876. The summed E-state index contributed by atoms with van der Waals surface area (Å²) in [7, 11) is 5.87. The molecule has 2 aromatic rings. The molecule has 0 saturated heterocycles. The predicted molar refractivity (Wildman–Crippen MR) is 103 cm³/mol. The molecule has 25 heavy (non-hydrogen) atoms. The van der Waals surface area contributed by atoms with Crippen molar-refractivity contribution in [2.75, 3.05) is 0 Å². The van der Waals surface area contributed by atoms with Crippen molar-refractivity contribution < 1.29 is 24.2 Å². The van der Waals surface area contributed by atoms with E-state index in [1.807, 2.05) is 0 Å². The van der Waals surface area contributed by atoms with Gasteiger partial charge in [0.25, 0.3) is 5.91 Å². The number of amides is 1. The van der Waals surface area contributed by atoms with Crippen LogP contribution in [0.2, 0.25) is 0 Å². The van der Waals surface area contributed by atoms with E-state index in [1.54, 1.807) is 21.8 Å². The van der Waals surface area contributed by atoms with Crippen LogP contribution in [-0.4, -0.2) is 63.8 Å². The Morgan fingerprint density at radius 3 is 2.44 bits per heavy atom. The zero-order chi connectivity index (χ0) is 18.9. The Balaban J connectivity index is 2.51. The number of aromatic nitrogens is 1. The first-order chi connectivity index (χ1) is 11.5. The zero-order valence-electron chi connectivity index (χ0n) is 14.3. The number of aromatic hydroxyl groups is 1. The molecule has 3 N–H and O–H groups in total. The Morgan fingerprint density at radius 1 is 1.24 bits per heavy atom. The molecular weight excluding hydrogens is 322 g/mol. The molecule has 2 rings (SSSR count). The lowest BCUT2D eigenvalue weighted by atomic mass is 9.62. The van der Waals surface area contributed by atoms with Crippen LogP contribution in [0.15, 0.2) is 24.3 Å². The molecule has 0 saturated carbocycles. The van der Waals surface area contributed by atoms with Crippen LogP contribution in [0.3, 0.4) is 0 Å². The van der Waals surface area contributed by atoms with Gasteiger partial charge in [0.05, 0.1) is 5.34 Å². The van der Waals surface area contributed by atoms with E-state index in [4.69, 9.17) is 5.11 Å². The lowest BCUT2D eigenvalue weighted by Crippen LogP contribution is -2.56. The maximum absolute atomic E-state index is 13.5. The molecule has 0 aliphatic rings. The summed E-state index contributed by atoms with van der Waals surface area (Å²) in [5, 5.41) is 20.3. The second-order valence-corrected chi connectivity index (χ2v) is 6.29. The number of nitrogens with zero attached hydrogens (tertiary/aromatic N) is 1. The summed E-state index contributed by atoms with van der Waals surface area (Å²) in [6, 6.07) is 5.82. The van der Waals surface area contributed by atoms with Crippen molar-refractivity contribution in [3.8, 4) is 16.9 Å². The van der Waals surface area contributed by atoms with Gasteiger partial charge in [0.15, 0.2) is 13.5 Å². The second kappa shape index (κ2) is 6.66. The van der Waals surface area contributed by atoms with E-state index in [1.165, 1.54) is 33.9 Å². The smallest absolute Gasteiger partial charge is 0.311 e. The first-order valence-electron chi connectivity index (χ1n) is 7.56. The minimum absolute atomic E-state index is 0.274. The van der Waals surface area contributed by atoms with Crippen LogP contribution in [0.1, 0.15) is 10.5 Å². The molecule has 0 atom stereocenters. The molecule has 0 fully saturated rings. The van der Waals surface area contributed by atoms with Crippen molar-refractivity contribution in [3.05, 3.63) is 35.8 Å². The maximum atomic E-state index is 13.5. The molecule has 124 valence electrons. The van der Waals surface area contributed by atoms with Crippen LogP contribution >= 0.6 is 0 Å². The highest BCUT2D eigenvalue weighted by Gasteiger charge is 2.31. The number of hydrogen-bond donors (Lipinski definition) is 3. The molecule has 1 amide bonds. The van der Waals surface area contributed by atoms with Gasteiger partial charge in [0, 0.05) is 5.59 Å². The van der Waals surface area contributed by atoms with E-state index >= 15 is 0 Å². The number of aliphatic carboxylic acids is 1. The summed E-state index contributed by atoms with van der Waals surface area (Å²) in [6.45, 7) is 0. The third-order valence-electron chi connectivity index (χ3n) is 3.88. The van der Waals surface area contributed by atoms with Gasteiger partial charge in [0.1, 0.15) is 35.1 Å². The third kappa shape index (κ3) is 3.70. The molecule has 0 unspecified atom stereocenters. The highest BCUT2D eigenvalue weighted by atomic mass is 19.1. The van der Waals surface area contributed by atoms with E-state index in [9.17, 15) is 19.1 Å². The number of carboxylic acids is 1. The van der Waals surface area contributed by atoms with Crippen LogP contribution in [-0.2, 0) is 4.79 Å². The lowest BCUT2D eigenvalue weighted by Gasteiger charge is -2.22. The SMILES string of the molecule is Bc1nc(C(=O)NC(B)(B)C(=O)O)c(O)c(B)c1-c1cccc(F)c1. The topological polar surface area (TPSA) is 99.5 Å². The number of hydrogen-bond acceptors (Lipinski definition) is 4. The van der Waals surface area contributed by atoms with Gasteiger partial charge in [-0.25, -0.2) is 4.39 Å². The predicted octanol–water partition coefficient (Wildman–Crippen LogP) is -4.16. The Kier molecular flexibility index (Phi) is 4.97. The van der Waals surface area contributed by atoms with Crippen LogP contribution in [0, 0.1) is 5.82 Å².